The number of anilines is 1. The van der Waals surface area contributed by atoms with Gasteiger partial charge in [-0.2, -0.15) is 0 Å². The molecule has 0 aromatic heterocycles. The van der Waals surface area contributed by atoms with Crippen LogP contribution in [-0.4, -0.2) is 24.9 Å². The third kappa shape index (κ3) is 4.21. The Balaban J connectivity index is 1.74. The van der Waals surface area contributed by atoms with E-state index in [9.17, 15) is 9.59 Å². The fourth-order valence-corrected chi connectivity index (χ4v) is 3.28. The van der Waals surface area contributed by atoms with E-state index in [2.05, 4.69) is 5.32 Å². The van der Waals surface area contributed by atoms with Gasteiger partial charge in [-0.25, -0.2) is 0 Å². The van der Waals surface area contributed by atoms with Gasteiger partial charge in [0.1, 0.15) is 13.2 Å². The third-order valence-corrected chi connectivity index (χ3v) is 4.86. The number of halogens is 2. The molecule has 29 heavy (non-hydrogen) atoms. The quantitative estimate of drug-likeness (QED) is 0.577. The lowest BCUT2D eigenvalue weighted by Gasteiger charge is -2.21. The van der Waals surface area contributed by atoms with E-state index in [0.29, 0.717) is 51.6 Å². The summed E-state index contributed by atoms with van der Waals surface area (Å²) in [5.41, 5.74) is 1.41. The summed E-state index contributed by atoms with van der Waals surface area (Å²) < 4.78 is 11.2. The zero-order chi connectivity index (χ0) is 20.4. The minimum atomic E-state index is -0.394. The zero-order valence-corrected chi connectivity index (χ0v) is 16.6. The van der Waals surface area contributed by atoms with Gasteiger partial charge >= 0.3 is 0 Å². The number of hydrogen-bond donors (Lipinski definition) is 1. The molecular weight excluding hydrogens is 413 g/mol. The maximum absolute atomic E-state index is 13.1. The highest BCUT2D eigenvalue weighted by molar-refractivity contribution is 6.31. The van der Waals surface area contributed by atoms with Crippen LogP contribution in [0.1, 0.15) is 26.3 Å². The van der Waals surface area contributed by atoms with E-state index in [1.165, 1.54) is 0 Å². The largest absolute Gasteiger partial charge is 0.486 e. The lowest BCUT2D eigenvalue weighted by atomic mass is 10.0. The van der Waals surface area contributed by atoms with Crippen molar-refractivity contribution in [1.29, 1.82) is 0 Å². The minimum Gasteiger partial charge on any atom is -0.486 e. The van der Waals surface area contributed by atoms with Gasteiger partial charge in [-0.15, -0.1) is 0 Å². The fourth-order valence-electron chi connectivity index (χ4n) is 2.96. The number of ketones is 1. The zero-order valence-electron chi connectivity index (χ0n) is 15.1. The van der Waals surface area contributed by atoms with Crippen molar-refractivity contribution in [3.8, 4) is 11.5 Å². The second kappa shape index (κ2) is 8.15. The van der Waals surface area contributed by atoms with E-state index < -0.39 is 5.91 Å². The van der Waals surface area contributed by atoms with Crippen LogP contribution in [-0.2, 0) is 0 Å². The summed E-state index contributed by atoms with van der Waals surface area (Å²) in [6.45, 7) is 0.773. The molecule has 3 aromatic carbocycles. The monoisotopic (exact) mass is 427 g/mol. The molecule has 0 bridgehead atoms. The van der Waals surface area contributed by atoms with E-state index in [-0.39, 0.29) is 11.3 Å². The number of amides is 1. The van der Waals surface area contributed by atoms with Crippen LogP contribution < -0.4 is 14.8 Å². The number of rotatable bonds is 4. The van der Waals surface area contributed by atoms with Crippen molar-refractivity contribution in [3.63, 3.8) is 0 Å². The molecular formula is C22H15Cl2NO4. The van der Waals surface area contributed by atoms with Gasteiger partial charge in [-0.1, -0.05) is 29.3 Å². The molecule has 5 nitrogen and oxygen atoms in total. The van der Waals surface area contributed by atoms with Crippen molar-refractivity contribution in [2.45, 2.75) is 0 Å². The molecule has 3 aromatic rings. The normalized spacial score (nSPS) is 12.3. The Bertz CT molecular complexity index is 1100. The lowest BCUT2D eigenvalue weighted by Crippen LogP contribution is -2.19. The maximum atomic E-state index is 13.1. The fraction of sp³-hybridized carbons (Fsp3) is 0.0909. The minimum absolute atomic E-state index is 0.278. The molecule has 0 fully saturated rings. The molecule has 4 rings (SSSR count). The molecule has 0 spiro atoms. The number of fused-ring (bicyclic) bond motifs is 1. The van der Waals surface area contributed by atoms with Crippen LogP contribution in [0.2, 0.25) is 10.0 Å². The Kier molecular flexibility index (Phi) is 5.43. The number of ether oxygens (including phenoxy) is 2. The molecule has 7 heteroatoms. The first-order valence-electron chi connectivity index (χ1n) is 8.82. The van der Waals surface area contributed by atoms with Crippen molar-refractivity contribution in [3.05, 3.63) is 87.4 Å². The Labute approximate surface area is 177 Å². The van der Waals surface area contributed by atoms with E-state index in [4.69, 9.17) is 32.7 Å². The van der Waals surface area contributed by atoms with Crippen LogP contribution in [0.15, 0.2) is 60.7 Å². The Morgan fingerprint density at radius 2 is 1.48 bits per heavy atom. The van der Waals surface area contributed by atoms with Crippen molar-refractivity contribution in [2.24, 2.45) is 0 Å². The molecule has 0 atom stereocenters. The number of carbonyl (C=O) groups is 2. The van der Waals surface area contributed by atoms with Gasteiger partial charge in [0.15, 0.2) is 17.3 Å². The van der Waals surface area contributed by atoms with E-state index >= 15 is 0 Å². The van der Waals surface area contributed by atoms with Crippen molar-refractivity contribution in [2.75, 3.05) is 18.5 Å². The Hall–Kier alpha value is -3.02. The molecule has 146 valence electrons. The Morgan fingerprint density at radius 1 is 0.793 bits per heavy atom. The predicted octanol–water partition coefficient (Wildman–Crippen LogP) is 5.25. The maximum Gasteiger partial charge on any atom is 0.255 e. The highest BCUT2D eigenvalue weighted by Crippen LogP contribution is 2.37. The summed E-state index contributed by atoms with van der Waals surface area (Å²) in [5, 5.41) is 3.75. The highest BCUT2D eigenvalue weighted by atomic mass is 35.5. The molecule has 1 aliphatic rings. The summed E-state index contributed by atoms with van der Waals surface area (Å²) in [7, 11) is 0. The SMILES string of the molecule is O=C(Nc1cc2c(cc1C(=O)c1ccc(Cl)cc1)OCCO2)c1cccc(Cl)c1. The smallest absolute Gasteiger partial charge is 0.255 e. The summed E-state index contributed by atoms with van der Waals surface area (Å²) in [6, 6.07) is 16.3. The van der Waals surface area contributed by atoms with Gasteiger partial charge in [0, 0.05) is 27.2 Å². The van der Waals surface area contributed by atoms with Crippen LogP contribution in [0.4, 0.5) is 5.69 Å². The van der Waals surface area contributed by atoms with Crippen molar-refractivity contribution in [1.82, 2.24) is 0 Å². The second-order valence-corrected chi connectivity index (χ2v) is 7.21. The van der Waals surface area contributed by atoms with Crippen LogP contribution >= 0.6 is 23.2 Å². The van der Waals surface area contributed by atoms with Gasteiger partial charge in [0.05, 0.1) is 11.3 Å². The topological polar surface area (TPSA) is 64.6 Å². The molecule has 1 N–H and O–H groups in total. The van der Waals surface area contributed by atoms with Gasteiger partial charge in [-0.3, -0.25) is 9.59 Å². The van der Waals surface area contributed by atoms with Gasteiger partial charge in [0.2, 0.25) is 0 Å². The van der Waals surface area contributed by atoms with Crippen molar-refractivity contribution >= 4 is 40.6 Å². The Morgan fingerprint density at radius 3 is 2.17 bits per heavy atom. The average Bonchev–Trinajstić information content (AvgIpc) is 2.73. The first kappa shape index (κ1) is 19.3. The molecule has 0 radical (unpaired) electrons. The van der Waals surface area contributed by atoms with Crippen LogP contribution in [0.5, 0.6) is 11.5 Å². The molecule has 0 aliphatic carbocycles. The second-order valence-electron chi connectivity index (χ2n) is 6.34. The van der Waals surface area contributed by atoms with E-state index in [1.54, 1.807) is 60.7 Å². The highest BCUT2D eigenvalue weighted by Gasteiger charge is 2.22. The molecule has 0 saturated carbocycles. The van der Waals surface area contributed by atoms with Crippen molar-refractivity contribution < 1.29 is 19.1 Å². The number of carbonyl (C=O) groups excluding carboxylic acids is 2. The van der Waals surface area contributed by atoms with Gasteiger partial charge in [0.25, 0.3) is 5.91 Å². The van der Waals surface area contributed by atoms with Crippen LogP contribution in [0.25, 0.3) is 0 Å². The molecule has 1 aliphatic heterocycles. The molecule has 0 saturated heterocycles. The number of benzene rings is 3. The van der Waals surface area contributed by atoms with Crippen LogP contribution in [0.3, 0.4) is 0 Å². The summed E-state index contributed by atoms with van der Waals surface area (Å²) in [4.78, 5) is 25.8. The lowest BCUT2D eigenvalue weighted by molar-refractivity contribution is 0.102. The van der Waals surface area contributed by atoms with Crippen LogP contribution in [0, 0.1) is 0 Å². The summed E-state index contributed by atoms with van der Waals surface area (Å²) in [6.07, 6.45) is 0. The third-order valence-electron chi connectivity index (χ3n) is 4.37. The number of nitrogens with one attached hydrogen (secondary N) is 1. The first-order valence-corrected chi connectivity index (χ1v) is 9.58. The van der Waals surface area contributed by atoms with E-state index in [0.717, 1.165) is 0 Å². The molecule has 1 amide bonds. The predicted molar refractivity (Wildman–Crippen MR) is 112 cm³/mol. The molecule has 0 unspecified atom stereocenters. The standard InChI is InChI=1S/C22H15Cl2NO4/c23-15-6-4-13(5-7-15)21(26)17-11-19-20(29-9-8-28-19)12-18(17)25-22(27)14-2-1-3-16(24)10-14/h1-7,10-12H,8-9H2,(H,25,27). The summed E-state index contributed by atoms with van der Waals surface area (Å²) in [5.74, 6) is 0.244. The first-order chi connectivity index (χ1) is 14.0. The molecule has 1 heterocycles. The van der Waals surface area contributed by atoms with Gasteiger partial charge < -0.3 is 14.8 Å². The number of hydrogen-bond acceptors (Lipinski definition) is 4. The van der Waals surface area contributed by atoms with E-state index in [1.807, 2.05) is 0 Å². The summed E-state index contributed by atoms with van der Waals surface area (Å²) >= 11 is 11.9. The average molecular weight is 428 g/mol. The van der Waals surface area contributed by atoms with Gasteiger partial charge in [-0.05, 0) is 48.5 Å².